The molecule has 8 aliphatic carbocycles. The molecule has 0 radical (unpaired) electrons. The van der Waals surface area contributed by atoms with Crippen LogP contribution < -0.4 is 5.32 Å². The molecule has 0 amide bonds. The normalized spacial score (nSPS) is 52.5. The van der Waals surface area contributed by atoms with Crippen molar-refractivity contribution in [1.29, 1.82) is 0 Å². The van der Waals surface area contributed by atoms with E-state index in [2.05, 4.69) is 23.5 Å². The first-order valence-corrected chi connectivity index (χ1v) is 20.9. The lowest BCUT2D eigenvalue weighted by Crippen LogP contribution is -2.85. The number of aliphatic hydroxyl groups excluding tert-OH is 2. The molecule has 53 heavy (non-hydrogen) atoms. The van der Waals surface area contributed by atoms with Crippen LogP contribution in [0.15, 0.2) is 35.5 Å². The van der Waals surface area contributed by atoms with Crippen LogP contribution in [0.3, 0.4) is 0 Å². The lowest BCUT2D eigenvalue weighted by molar-refractivity contribution is -0.373. The van der Waals surface area contributed by atoms with Crippen molar-refractivity contribution < 1.29 is 44.6 Å². The number of allylic oxidation sites excluding steroid dienone is 3. The second-order valence-corrected chi connectivity index (χ2v) is 19.2. The number of carbonyl (C=O) groups excluding carboxylic acids is 2. The largest absolute Gasteiger partial charge is 0.450 e. The highest BCUT2D eigenvalue weighted by molar-refractivity contribution is 5.87. The van der Waals surface area contributed by atoms with Crippen LogP contribution in [0, 0.1) is 64.1 Å². The number of ether oxygens (including phenoxy) is 2. The summed E-state index contributed by atoms with van der Waals surface area (Å²) in [6.45, 7) is 3.85. The third kappa shape index (κ3) is 4.69. The predicted octanol–water partition coefficient (Wildman–Crippen LogP) is 3.39. The lowest BCUT2D eigenvalue weighted by atomic mass is 9.35. The zero-order chi connectivity index (χ0) is 37.1. The smallest absolute Gasteiger partial charge is 0.331 e. The van der Waals surface area contributed by atoms with Crippen molar-refractivity contribution in [2.75, 3.05) is 26.8 Å². The van der Waals surface area contributed by atoms with Crippen LogP contribution in [-0.4, -0.2) is 99.7 Å². The van der Waals surface area contributed by atoms with Gasteiger partial charge in [0.05, 0.1) is 23.2 Å². The van der Waals surface area contributed by atoms with Gasteiger partial charge in [0.1, 0.15) is 23.6 Å². The highest BCUT2D eigenvalue weighted by Gasteiger charge is 2.84. The minimum atomic E-state index is -2.12. The minimum Gasteiger partial charge on any atom is -0.450 e. The molecule has 6 fully saturated rings. The number of esters is 1. The molecule has 16 unspecified atom stereocenters. The van der Waals surface area contributed by atoms with Crippen molar-refractivity contribution in [3.63, 3.8) is 0 Å². The van der Waals surface area contributed by atoms with E-state index >= 15 is 0 Å². The second-order valence-electron chi connectivity index (χ2n) is 19.2. The van der Waals surface area contributed by atoms with Gasteiger partial charge in [-0.2, -0.15) is 0 Å². The van der Waals surface area contributed by atoms with Crippen LogP contribution in [0.2, 0.25) is 0 Å². The summed E-state index contributed by atoms with van der Waals surface area (Å²) in [5.74, 6) is -2.33. The Hall–Kier alpha value is -1.92. The van der Waals surface area contributed by atoms with E-state index in [0.717, 1.165) is 49.7 Å². The first-order valence-electron chi connectivity index (χ1n) is 20.9. The maximum absolute atomic E-state index is 14.0. The Morgan fingerprint density at radius 3 is 2.55 bits per heavy atom. The van der Waals surface area contributed by atoms with Gasteiger partial charge in [0.15, 0.2) is 0 Å². The van der Waals surface area contributed by atoms with Gasteiger partial charge in [0.25, 0.3) is 0 Å². The van der Waals surface area contributed by atoms with Gasteiger partial charge in [-0.15, -0.1) is 0 Å². The van der Waals surface area contributed by atoms with Gasteiger partial charge in [-0.05, 0) is 111 Å². The Morgan fingerprint density at radius 1 is 1.00 bits per heavy atom. The first-order chi connectivity index (χ1) is 25.4. The standard InChI is InChI=1S/C43H61NO9/c1-39-13-12-34-40(23-45)14-11-33(46)31-18-25-9-5-10-28(24-7-3-4-8-24)29(25)19-32(42(31,40)50)38(48)43(34,51)41(39,49)21-26-17-27(22-44-15-6-16-52-2)37-30(36(26)39)20-35(47)53-37/h5,9,17,20,23-26,28-29,31-34,36-38,44,46,48-51H,3-4,6-8,10-16,18-19,21-22H2,1-2H3. The second kappa shape index (κ2) is 12.8. The van der Waals surface area contributed by atoms with Crippen molar-refractivity contribution >= 4 is 12.3 Å². The van der Waals surface area contributed by atoms with Gasteiger partial charge in [0.2, 0.25) is 0 Å². The number of carbonyl (C=O) groups is 2. The Kier molecular flexibility index (Phi) is 8.86. The quantitative estimate of drug-likeness (QED) is 0.0943. The lowest BCUT2D eigenvalue weighted by Gasteiger charge is -2.72. The van der Waals surface area contributed by atoms with E-state index in [1.54, 1.807) is 13.2 Å². The molecule has 292 valence electrons. The molecule has 9 aliphatic rings. The molecule has 0 spiro atoms. The fourth-order valence-corrected chi connectivity index (χ4v) is 15.4. The topological polar surface area (TPSA) is 166 Å². The van der Waals surface area contributed by atoms with Crippen LogP contribution in [0.1, 0.15) is 90.4 Å². The molecular weight excluding hydrogens is 674 g/mol. The van der Waals surface area contributed by atoms with E-state index < -0.39 is 69.7 Å². The van der Waals surface area contributed by atoms with Crippen LogP contribution in [-0.2, 0) is 19.1 Å². The molecule has 0 aromatic carbocycles. The third-order valence-electron chi connectivity index (χ3n) is 17.5. The average molecular weight is 736 g/mol. The Morgan fingerprint density at radius 2 is 1.79 bits per heavy atom. The Balaban J connectivity index is 1.14. The number of hydrogen-bond acceptors (Lipinski definition) is 10. The van der Waals surface area contributed by atoms with E-state index in [9.17, 15) is 35.1 Å². The number of methoxy groups -OCH3 is 1. The fraction of sp³-hybridized carbons (Fsp3) is 0.814. The third-order valence-corrected chi connectivity index (χ3v) is 17.5. The molecule has 6 N–H and O–H groups in total. The molecule has 9 rings (SSSR count). The number of rotatable bonds is 8. The minimum absolute atomic E-state index is 0.0908. The maximum atomic E-state index is 14.0. The molecule has 0 bridgehead atoms. The number of hydrogen-bond donors (Lipinski definition) is 6. The summed E-state index contributed by atoms with van der Waals surface area (Å²) in [5.41, 5.74) is -6.40. The first kappa shape index (κ1) is 36.7. The molecule has 6 saturated carbocycles. The van der Waals surface area contributed by atoms with E-state index in [0.29, 0.717) is 57.1 Å². The van der Waals surface area contributed by atoms with Gasteiger partial charge in [-0.25, -0.2) is 4.79 Å². The van der Waals surface area contributed by atoms with Crippen molar-refractivity contribution in [2.45, 2.75) is 126 Å². The van der Waals surface area contributed by atoms with Gasteiger partial charge < -0.3 is 45.1 Å². The zero-order valence-electron chi connectivity index (χ0n) is 31.5. The summed E-state index contributed by atoms with van der Waals surface area (Å²) in [7, 11) is 1.67. The Bertz CT molecular complexity index is 1590. The van der Waals surface area contributed by atoms with Crippen LogP contribution in [0.5, 0.6) is 0 Å². The molecule has 0 saturated heterocycles. The number of aldehydes is 1. The van der Waals surface area contributed by atoms with Gasteiger partial charge in [0, 0.05) is 49.5 Å². The van der Waals surface area contributed by atoms with E-state index in [1.807, 2.05) is 6.92 Å². The summed E-state index contributed by atoms with van der Waals surface area (Å²) in [4.78, 5) is 26.9. The van der Waals surface area contributed by atoms with Crippen molar-refractivity contribution in [2.24, 2.45) is 64.1 Å². The van der Waals surface area contributed by atoms with E-state index in [-0.39, 0.29) is 36.5 Å². The molecule has 10 heteroatoms. The highest BCUT2D eigenvalue weighted by atomic mass is 16.5. The molecule has 16 atom stereocenters. The van der Waals surface area contributed by atoms with Crippen LogP contribution >= 0.6 is 0 Å². The monoisotopic (exact) mass is 735 g/mol. The maximum Gasteiger partial charge on any atom is 0.331 e. The highest BCUT2D eigenvalue weighted by Crippen LogP contribution is 2.76. The van der Waals surface area contributed by atoms with E-state index in [1.165, 1.54) is 12.8 Å². The van der Waals surface area contributed by atoms with Crippen molar-refractivity contribution in [3.8, 4) is 0 Å². The van der Waals surface area contributed by atoms with Gasteiger partial charge >= 0.3 is 5.97 Å². The molecule has 1 aliphatic heterocycles. The summed E-state index contributed by atoms with van der Waals surface area (Å²) >= 11 is 0. The SMILES string of the molecule is COCCCNCC1=CC2CC3(O)C(C)(CCC4C5(C=O)CCC(O)C6CC7C=CCC(C8CCCC8)C7CC(C(O)C43O)C65O)C2C2=CC(=O)OC12. The number of nitrogens with one attached hydrogen (secondary N) is 1. The van der Waals surface area contributed by atoms with Gasteiger partial charge in [-0.3, -0.25) is 0 Å². The zero-order valence-corrected chi connectivity index (χ0v) is 31.5. The van der Waals surface area contributed by atoms with Crippen LogP contribution in [0.4, 0.5) is 0 Å². The van der Waals surface area contributed by atoms with Gasteiger partial charge in [-0.1, -0.05) is 50.8 Å². The summed E-state index contributed by atoms with van der Waals surface area (Å²) in [6.07, 6.45) is 15.0. The molecule has 0 aromatic heterocycles. The molecule has 0 aromatic rings. The van der Waals surface area contributed by atoms with E-state index in [4.69, 9.17) is 9.47 Å². The van der Waals surface area contributed by atoms with Crippen LogP contribution in [0.25, 0.3) is 0 Å². The van der Waals surface area contributed by atoms with Crippen molar-refractivity contribution in [1.82, 2.24) is 5.32 Å². The Labute approximate surface area is 313 Å². The summed E-state index contributed by atoms with van der Waals surface area (Å²) < 4.78 is 11.1. The average Bonchev–Trinajstić information content (AvgIpc) is 3.84. The molecule has 1 heterocycles. The summed E-state index contributed by atoms with van der Waals surface area (Å²) in [6, 6.07) is 0. The molecular formula is C43H61NO9. The predicted molar refractivity (Wildman–Crippen MR) is 195 cm³/mol. The molecule has 10 nitrogen and oxygen atoms in total. The van der Waals surface area contributed by atoms with Crippen molar-refractivity contribution in [3.05, 3.63) is 35.5 Å². The number of aliphatic hydroxyl groups is 5. The summed E-state index contributed by atoms with van der Waals surface area (Å²) in [5, 5.41) is 68.9. The fourth-order valence-electron chi connectivity index (χ4n) is 15.4. The number of fused-ring (bicyclic) bond motifs is 9.